The molecule has 0 unspecified atom stereocenters. The number of benzene rings is 3. The molecule has 0 saturated heterocycles. The van der Waals surface area contributed by atoms with Gasteiger partial charge in [-0.15, -0.1) is 11.8 Å². The van der Waals surface area contributed by atoms with Gasteiger partial charge >= 0.3 is 0 Å². The number of rotatable bonds is 8. The molecule has 168 valence electrons. The van der Waals surface area contributed by atoms with Crippen molar-refractivity contribution in [2.75, 3.05) is 21.6 Å². The molecule has 7 heteroatoms. The number of amides is 1. The Kier molecular flexibility index (Phi) is 7.64. The molecule has 0 heterocycles. The van der Waals surface area contributed by atoms with Crippen LogP contribution in [0.2, 0.25) is 0 Å². The van der Waals surface area contributed by atoms with Gasteiger partial charge in [0, 0.05) is 10.5 Å². The minimum Gasteiger partial charge on any atom is -0.321 e. The van der Waals surface area contributed by atoms with E-state index in [0.29, 0.717) is 11.3 Å². The van der Waals surface area contributed by atoms with Crippen molar-refractivity contribution in [3.8, 4) is 0 Å². The van der Waals surface area contributed by atoms with E-state index < -0.39 is 10.0 Å². The number of nitrogens with one attached hydrogen (secondary N) is 1. The van der Waals surface area contributed by atoms with Gasteiger partial charge < -0.3 is 5.32 Å². The van der Waals surface area contributed by atoms with Gasteiger partial charge in [-0.25, -0.2) is 8.42 Å². The van der Waals surface area contributed by atoms with Crippen molar-refractivity contribution < 1.29 is 13.2 Å². The second-order valence-corrected chi connectivity index (χ2v) is 10.8. The van der Waals surface area contributed by atoms with Crippen LogP contribution >= 0.6 is 11.8 Å². The molecule has 3 aromatic carbocycles. The van der Waals surface area contributed by atoms with Gasteiger partial charge in [0.2, 0.25) is 10.0 Å². The third kappa shape index (κ3) is 5.72. The minimum absolute atomic E-state index is 0.197. The number of hydrogen-bond donors (Lipinski definition) is 1. The van der Waals surface area contributed by atoms with Crippen molar-refractivity contribution in [3.63, 3.8) is 0 Å². The van der Waals surface area contributed by atoms with Gasteiger partial charge in [0.1, 0.15) is 0 Å². The Morgan fingerprint density at radius 2 is 1.56 bits per heavy atom. The SMILES string of the molecule is CCSc1ccccc1NC(=O)c1ccc(CN(c2c(C)cccc2C)S(C)(=O)=O)cc1. The number of anilines is 2. The number of hydrogen-bond acceptors (Lipinski definition) is 4. The Morgan fingerprint density at radius 3 is 2.16 bits per heavy atom. The maximum absolute atomic E-state index is 12.7. The van der Waals surface area contributed by atoms with Crippen molar-refractivity contribution in [1.82, 2.24) is 0 Å². The zero-order valence-electron chi connectivity index (χ0n) is 18.8. The van der Waals surface area contributed by atoms with E-state index in [-0.39, 0.29) is 12.5 Å². The number of nitrogens with zero attached hydrogens (tertiary/aromatic N) is 1. The van der Waals surface area contributed by atoms with E-state index in [1.165, 1.54) is 10.6 Å². The molecule has 0 bridgehead atoms. The van der Waals surface area contributed by atoms with Crippen LogP contribution in [-0.4, -0.2) is 26.3 Å². The molecular weight excluding hydrogens is 440 g/mol. The largest absolute Gasteiger partial charge is 0.321 e. The zero-order chi connectivity index (χ0) is 23.3. The average molecular weight is 469 g/mol. The molecule has 0 saturated carbocycles. The number of carbonyl (C=O) groups excluding carboxylic acids is 1. The number of carbonyl (C=O) groups is 1. The van der Waals surface area contributed by atoms with Crippen molar-refractivity contribution in [2.45, 2.75) is 32.2 Å². The molecule has 5 nitrogen and oxygen atoms in total. The molecular formula is C25H28N2O3S2. The summed E-state index contributed by atoms with van der Waals surface area (Å²) in [6.07, 6.45) is 1.21. The zero-order valence-corrected chi connectivity index (χ0v) is 20.4. The highest BCUT2D eigenvalue weighted by Crippen LogP contribution is 2.29. The third-order valence-electron chi connectivity index (χ3n) is 5.07. The van der Waals surface area contributed by atoms with Crippen LogP contribution in [0, 0.1) is 13.8 Å². The van der Waals surface area contributed by atoms with Crippen LogP contribution in [0.15, 0.2) is 71.6 Å². The van der Waals surface area contributed by atoms with Crippen LogP contribution < -0.4 is 9.62 Å². The summed E-state index contributed by atoms with van der Waals surface area (Å²) < 4.78 is 26.5. The fourth-order valence-corrected chi connectivity index (χ4v) is 5.30. The molecule has 0 aliphatic carbocycles. The lowest BCUT2D eigenvalue weighted by Crippen LogP contribution is -2.30. The van der Waals surface area contributed by atoms with Gasteiger partial charge in [0.25, 0.3) is 5.91 Å². The van der Waals surface area contributed by atoms with Gasteiger partial charge in [-0.05, 0) is 60.6 Å². The standard InChI is InChI=1S/C25H28N2O3S2/c1-5-31-23-12-7-6-11-22(23)26-25(28)21-15-13-20(14-16-21)17-27(32(4,29)30)24-18(2)9-8-10-19(24)3/h6-16H,5,17H2,1-4H3,(H,26,28). The Morgan fingerprint density at radius 1 is 0.938 bits per heavy atom. The first-order valence-corrected chi connectivity index (χ1v) is 13.2. The van der Waals surface area contributed by atoms with E-state index >= 15 is 0 Å². The van der Waals surface area contributed by atoms with E-state index in [2.05, 4.69) is 12.2 Å². The highest BCUT2D eigenvalue weighted by Gasteiger charge is 2.21. The predicted molar refractivity (Wildman–Crippen MR) is 134 cm³/mol. The lowest BCUT2D eigenvalue weighted by molar-refractivity contribution is 0.102. The van der Waals surface area contributed by atoms with Crippen molar-refractivity contribution in [3.05, 3.63) is 89.0 Å². The molecule has 0 aliphatic heterocycles. The predicted octanol–water partition coefficient (Wildman–Crippen LogP) is 5.63. The van der Waals surface area contributed by atoms with Crippen LogP contribution in [0.25, 0.3) is 0 Å². The molecule has 0 spiro atoms. The summed E-state index contributed by atoms with van der Waals surface area (Å²) >= 11 is 1.67. The van der Waals surface area contributed by atoms with Crippen LogP contribution in [-0.2, 0) is 16.6 Å². The van der Waals surface area contributed by atoms with Gasteiger partial charge in [-0.1, -0.05) is 49.4 Å². The molecule has 0 fully saturated rings. The molecule has 0 atom stereocenters. The van der Waals surface area contributed by atoms with E-state index in [1.807, 2.05) is 56.3 Å². The smallest absolute Gasteiger partial charge is 0.255 e. The quantitative estimate of drug-likeness (QED) is 0.435. The fraction of sp³-hybridized carbons (Fsp3) is 0.240. The Balaban J connectivity index is 1.81. The maximum atomic E-state index is 12.7. The first-order chi connectivity index (χ1) is 15.2. The molecule has 0 aliphatic rings. The molecule has 3 aromatic rings. The highest BCUT2D eigenvalue weighted by atomic mass is 32.2. The normalized spacial score (nSPS) is 11.2. The second kappa shape index (κ2) is 10.2. The molecule has 3 rings (SSSR count). The first kappa shape index (κ1) is 23.9. The van der Waals surface area contributed by atoms with Crippen molar-refractivity contribution in [2.24, 2.45) is 0 Å². The third-order valence-corrected chi connectivity index (χ3v) is 7.13. The van der Waals surface area contributed by atoms with Crippen LogP contribution in [0.5, 0.6) is 0 Å². The first-order valence-electron chi connectivity index (χ1n) is 10.4. The molecule has 32 heavy (non-hydrogen) atoms. The van der Waals surface area contributed by atoms with Crippen LogP contribution in [0.4, 0.5) is 11.4 Å². The Labute approximate surface area is 194 Å². The van der Waals surface area contributed by atoms with Crippen molar-refractivity contribution in [1.29, 1.82) is 0 Å². The van der Waals surface area contributed by atoms with Gasteiger partial charge in [-0.2, -0.15) is 0 Å². The number of aryl methyl sites for hydroxylation is 2. The highest BCUT2D eigenvalue weighted by molar-refractivity contribution is 7.99. The van der Waals surface area contributed by atoms with Crippen LogP contribution in [0.1, 0.15) is 34.0 Å². The topological polar surface area (TPSA) is 66.5 Å². The number of sulfonamides is 1. The lowest BCUT2D eigenvalue weighted by atomic mass is 10.1. The van der Waals surface area contributed by atoms with Crippen molar-refractivity contribution >= 4 is 39.1 Å². The van der Waals surface area contributed by atoms with E-state index in [0.717, 1.165) is 33.0 Å². The average Bonchev–Trinajstić information content (AvgIpc) is 2.74. The lowest BCUT2D eigenvalue weighted by Gasteiger charge is -2.26. The molecule has 1 amide bonds. The van der Waals surface area contributed by atoms with E-state index in [1.54, 1.807) is 36.0 Å². The summed E-state index contributed by atoms with van der Waals surface area (Å²) in [6.45, 7) is 6.08. The molecule has 0 radical (unpaired) electrons. The molecule has 1 N–H and O–H groups in total. The van der Waals surface area contributed by atoms with E-state index in [4.69, 9.17) is 0 Å². The summed E-state index contributed by atoms with van der Waals surface area (Å²) in [7, 11) is -3.49. The monoisotopic (exact) mass is 468 g/mol. The summed E-state index contributed by atoms with van der Waals surface area (Å²) in [6, 6.07) is 20.5. The maximum Gasteiger partial charge on any atom is 0.255 e. The summed E-state index contributed by atoms with van der Waals surface area (Å²) in [4.78, 5) is 13.8. The summed E-state index contributed by atoms with van der Waals surface area (Å²) in [5.74, 6) is 0.717. The van der Waals surface area contributed by atoms with Gasteiger partial charge in [0.15, 0.2) is 0 Å². The van der Waals surface area contributed by atoms with Crippen LogP contribution in [0.3, 0.4) is 0 Å². The summed E-state index contributed by atoms with van der Waals surface area (Å²) in [5, 5.41) is 2.97. The fourth-order valence-electron chi connectivity index (χ4n) is 3.53. The Bertz CT molecular complexity index is 1190. The summed E-state index contributed by atoms with van der Waals surface area (Å²) in [5.41, 5.74) is 4.60. The number of thioether (sulfide) groups is 1. The van der Waals surface area contributed by atoms with Gasteiger partial charge in [0.05, 0.1) is 24.2 Å². The minimum atomic E-state index is -3.49. The Hall–Kier alpha value is -2.77. The second-order valence-electron chi connectivity index (χ2n) is 7.59. The number of para-hydroxylation sites is 2. The van der Waals surface area contributed by atoms with E-state index in [9.17, 15) is 13.2 Å². The molecule has 0 aromatic heterocycles. The van der Waals surface area contributed by atoms with Gasteiger partial charge in [-0.3, -0.25) is 9.10 Å².